The molecule has 4 rings (SSSR count). The van der Waals surface area contributed by atoms with Crippen LogP contribution in [0.2, 0.25) is 0 Å². The van der Waals surface area contributed by atoms with Gasteiger partial charge in [-0.1, -0.05) is 32.0 Å². The molecular weight excluding hydrogens is 430 g/mol. The van der Waals surface area contributed by atoms with Crippen molar-refractivity contribution in [2.24, 2.45) is 11.7 Å². The van der Waals surface area contributed by atoms with Crippen LogP contribution in [0.1, 0.15) is 19.4 Å². The van der Waals surface area contributed by atoms with Crippen LogP contribution < -0.4 is 21.3 Å². The molecule has 8 heteroatoms. The normalized spacial score (nSPS) is 12.1. The smallest absolute Gasteiger partial charge is 0.280 e. The molecule has 0 spiro atoms. The van der Waals surface area contributed by atoms with Crippen LogP contribution in [0, 0.1) is 12.8 Å². The zero-order valence-electron chi connectivity index (χ0n) is 19.6. The molecule has 0 saturated heterocycles. The molecule has 0 aliphatic heterocycles. The molecule has 3 N–H and O–H groups in total. The van der Waals surface area contributed by atoms with E-state index in [1.807, 2.05) is 51.1 Å². The van der Waals surface area contributed by atoms with Crippen LogP contribution in [-0.4, -0.2) is 33.8 Å². The van der Waals surface area contributed by atoms with E-state index in [-0.39, 0.29) is 17.4 Å². The number of carbonyl (C=O) groups is 1. The number of ether oxygens (including phenoxy) is 1. The van der Waals surface area contributed by atoms with Gasteiger partial charge in [-0.05, 0) is 59.9 Å². The van der Waals surface area contributed by atoms with Gasteiger partial charge in [0.15, 0.2) is 5.82 Å². The number of amides is 1. The second-order valence-electron chi connectivity index (χ2n) is 8.46. The monoisotopic (exact) mass is 457 g/mol. The van der Waals surface area contributed by atoms with Gasteiger partial charge in [0, 0.05) is 5.39 Å². The molecule has 174 valence electrons. The minimum atomic E-state index is -0.616. The lowest BCUT2D eigenvalue weighted by molar-refractivity contribution is -0.118. The molecule has 1 unspecified atom stereocenters. The molecule has 0 aliphatic carbocycles. The Hall–Kier alpha value is -4.04. The van der Waals surface area contributed by atoms with E-state index in [1.54, 1.807) is 31.5 Å². The second-order valence-corrected chi connectivity index (χ2v) is 8.46. The summed E-state index contributed by atoms with van der Waals surface area (Å²) in [6, 6.07) is 14.2. The SMILES string of the molecule is COc1cccc(-c2ccc3c(=O)n(-c4ccc(NC(=O)C(N)C(C)C)cn4)ncc3c2)c1C. The Morgan fingerprint density at radius 1 is 1.12 bits per heavy atom. The van der Waals surface area contributed by atoms with Crippen molar-refractivity contribution in [1.29, 1.82) is 0 Å². The molecular formula is C26H27N5O3. The molecule has 2 aromatic carbocycles. The van der Waals surface area contributed by atoms with Crippen LogP contribution in [0.15, 0.2) is 65.7 Å². The van der Waals surface area contributed by atoms with Crippen molar-refractivity contribution in [2.45, 2.75) is 26.8 Å². The summed E-state index contributed by atoms with van der Waals surface area (Å²) >= 11 is 0. The van der Waals surface area contributed by atoms with Gasteiger partial charge in [-0.25, -0.2) is 4.98 Å². The van der Waals surface area contributed by atoms with E-state index in [4.69, 9.17) is 10.5 Å². The number of hydrogen-bond donors (Lipinski definition) is 2. The van der Waals surface area contributed by atoms with E-state index in [9.17, 15) is 9.59 Å². The molecule has 2 heterocycles. The molecule has 34 heavy (non-hydrogen) atoms. The zero-order chi connectivity index (χ0) is 24.4. The van der Waals surface area contributed by atoms with Crippen LogP contribution >= 0.6 is 0 Å². The fourth-order valence-electron chi connectivity index (χ4n) is 3.74. The van der Waals surface area contributed by atoms with Crippen molar-refractivity contribution < 1.29 is 9.53 Å². The average molecular weight is 458 g/mol. The summed E-state index contributed by atoms with van der Waals surface area (Å²) in [6.45, 7) is 5.76. The number of aromatic nitrogens is 3. The first-order valence-electron chi connectivity index (χ1n) is 11.0. The number of methoxy groups -OCH3 is 1. The van der Waals surface area contributed by atoms with Crippen molar-refractivity contribution in [3.05, 3.63) is 76.8 Å². The lowest BCUT2D eigenvalue weighted by Crippen LogP contribution is -2.39. The number of nitrogens with two attached hydrogens (primary N) is 1. The van der Waals surface area contributed by atoms with Crippen LogP contribution in [0.25, 0.3) is 27.7 Å². The predicted octanol–water partition coefficient (Wildman–Crippen LogP) is 3.69. The maximum atomic E-state index is 13.1. The summed E-state index contributed by atoms with van der Waals surface area (Å²) in [5, 5.41) is 8.31. The van der Waals surface area contributed by atoms with E-state index < -0.39 is 6.04 Å². The Balaban J connectivity index is 1.64. The molecule has 4 aromatic rings. The molecule has 1 atom stereocenters. The van der Waals surface area contributed by atoms with E-state index in [1.165, 1.54) is 10.9 Å². The largest absolute Gasteiger partial charge is 0.496 e. The summed E-state index contributed by atoms with van der Waals surface area (Å²) in [7, 11) is 1.65. The van der Waals surface area contributed by atoms with Gasteiger partial charge in [0.2, 0.25) is 5.91 Å². The molecule has 1 amide bonds. The molecule has 8 nitrogen and oxygen atoms in total. The number of anilines is 1. The number of rotatable bonds is 6. The summed E-state index contributed by atoms with van der Waals surface area (Å²) in [4.78, 5) is 29.6. The Bertz CT molecular complexity index is 1410. The minimum absolute atomic E-state index is 0.0148. The van der Waals surface area contributed by atoms with E-state index >= 15 is 0 Å². The van der Waals surface area contributed by atoms with Gasteiger partial charge in [-0.3, -0.25) is 9.59 Å². The average Bonchev–Trinajstić information content (AvgIpc) is 2.84. The number of fused-ring (bicyclic) bond motifs is 1. The Labute approximate surface area is 197 Å². The highest BCUT2D eigenvalue weighted by atomic mass is 16.5. The molecule has 0 radical (unpaired) electrons. The van der Waals surface area contributed by atoms with Crippen molar-refractivity contribution in [3.8, 4) is 22.7 Å². The third kappa shape index (κ3) is 4.40. The molecule has 0 bridgehead atoms. The van der Waals surface area contributed by atoms with Gasteiger partial charge in [-0.15, -0.1) is 0 Å². The Morgan fingerprint density at radius 2 is 1.91 bits per heavy atom. The quantitative estimate of drug-likeness (QED) is 0.457. The molecule has 0 fully saturated rings. The number of benzene rings is 2. The highest BCUT2D eigenvalue weighted by Gasteiger charge is 2.17. The first kappa shape index (κ1) is 23.1. The fourth-order valence-corrected chi connectivity index (χ4v) is 3.74. The Kier molecular flexibility index (Phi) is 6.43. The van der Waals surface area contributed by atoms with Gasteiger partial charge < -0.3 is 15.8 Å². The van der Waals surface area contributed by atoms with Gasteiger partial charge in [0.1, 0.15) is 5.75 Å². The molecule has 0 saturated carbocycles. The number of hydrogen-bond acceptors (Lipinski definition) is 6. The van der Waals surface area contributed by atoms with Crippen molar-refractivity contribution in [3.63, 3.8) is 0 Å². The predicted molar refractivity (Wildman–Crippen MR) is 133 cm³/mol. The minimum Gasteiger partial charge on any atom is -0.496 e. The number of nitrogens with one attached hydrogen (secondary N) is 1. The first-order valence-corrected chi connectivity index (χ1v) is 11.0. The number of carbonyl (C=O) groups excluding carboxylic acids is 1. The van der Waals surface area contributed by atoms with Crippen LogP contribution in [0.5, 0.6) is 5.75 Å². The third-order valence-electron chi connectivity index (χ3n) is 5.86. The van der Waals surface area contributed by atoms with E-state index in [0.717, 1.165) is 27.8 Å². The van der Waals surface area contributed by atoms with Crippen LogP contribution in [0.4, 0.5) is 5.69 Å². The fraction of sp³-hybridized carbons (Fsp3) is 0.231. The number of nitrogens with zero attached hydrogens (tertiary/aromatic N) is 3. The van der Waals surface area contributed by atoms with Crippen molar-refractivity contribution in [2.75, 3.05) is 12.4 Å². The van der Waals surface area contributed by atoms with Gasteiger partial charge in [0.05, 0.1) is 36.6 Å². The maximum Gasteiger partial charge on any atom is 0.280 e. The third-order valence-corrected chi connectivity index (χ3v) is 5.86. The summed E-state index contributed by atoms with van der Waals surface area (Å²) < 4.78 is 6.67. The number of pyridine rings is 1. The van der Waals surface area contributed by atoms with Gasteiger partial charge in [0.25, 0.3) is 5.56 Å². The van der Waals surface area contributed by atoms with E-state index in [0.29, 0.717) is 16.9 Å². The topological polar surface area (TPSA) is 112 Å². The lowest BCUT2D eigenvalue weighted by atomic mass is 9.98. The zero-order valence-corrected chi connectivity index (χ0v) is 19.6. The van der Waals surface area contributed by atoms with Crippen LogP contribution in [0.3, 0.4) is 0 Å². The molecule has 2 aromatic heterocycles. The summed E-state index contributed by atoms with van der Waals surface area (Å²) in [5.74, 6) is 0.891. The van der Waals surface area contributed by atoms with E-state index in [2.05, 4.69) is 15.4 Å². The summed E-state index contributed by atoms with van der Waals surface area (Å²) in [5.41, 5.74) is 9.12. The highest BCUT2D eigenvalue weighted by molar-refractivity contribution is 5.94. The lowest BCUT2D eigenvalue weighted by Gasteiger charge is -2.15. The first-order chi connectivity index (χ1) is 16.3. The maximum absolute atomic E-state index is 13.1. The summed E-state index contributed by atoms with van der Waals surface area (Å²) in [6.07, 6.45) is 3.13. The highest BCUT2D eigenvalue weighted by Crippen LogP contribution is 2.31. The molecule has 0 aliphatic rings. The Morgan fingerprint density at radius 3 is 2.59 bits per heavy atom. The van der Waals surface area contributed by atoms with Gasteiger partial charge >= 0.3 is 0 Å². The standard InChI is InChI=1S/C26H27N5O3/c1-15(2)24(27)25(32)30-19-9-11-23(28-14-19)31-26(33)21-10-8-17(12-18(21)13-29-31)20-6-5-7-22(34-4)16(20)3/h5-15,24H,27H2,1-4H3,(H,30,32). The second kappa shape index (κ2) is 9.44. The van der Waals surface area contributed by atoms with Crippen LogP contribution in [-0.2, 0) is 4.79 Å². The van der Waals surface area contributed by atoms with Crippen molar-refractivity contribution in [1.82, 2.24) is 14.8 Å². The van der Waals surface area contributed by atoms with Gasteiger partial charge in [-0.2, -0.15) is 9.78 Å². The van der Waals surface area contributed by atoms with Crippen molar-refractivity contribution >= 4 is 22.4 Å².